The summed E-state index contributed by atoms with van der Waals surface area (Å²) in [6, 6.07) is 0. The molecule has 0 spiro atoms. The molecule has 2 nitrogen and oxygen atoms in total. The normalized spacial score (nSPS) is 24.0. The molecule has 0 N–H and O–H groups in total. The summed E-state index contributed by atoms with van der Waals surface area (Å²) in [4.78, 5) is 0. The second-order valence-electron chi connectivity index (χ2n) is 5.47. The largest absolute Gasteiger partial charge is 0.381 e. The lowest BCUT2D eigenvalue weighted by atomic mass is 10.0. The Morgan fingerprint density at radius 2 is 0.500 bits per heavy atom. The monoisotopic (exact) mass is 256 g/mol. The molecule has 2 aliphatic heterocycles. The smallest absolute Gasteiger partial charge is 0.0466 e. The molecular weight excluding hydrogens is 224 g/mol. The minimum atomic E-state index is 1.00. The third kappa shape index (κ3) is 11.0. The first kappa shape index (κ1) is 16.0. The van der Waals surface area contributed by atoms with Crippen LogP contribution in [0.2, 0.25) is 0 Å². The molecular formula is C16H32O2. The van der Waals surface area contributed by atoms with Gasteiger partial charge in [0, 0.05) is 26.4 Å². The van der Waals surface area contributed by atoms with Gasteiger partial charge in [-0.2, -0.15) is 0 Å². The van der Waals surface area contributed by atoms with E-state index in [2.05, 4.69) is 0 Å². The number of ether oxygens (including phenoxy) is 2. The van der Waals surface area contributed by atoms with Crippen LogP contribution >= 0.6 is 0 Å². The molecule has 3 fully saturated rings. The van der Waals surface area contributed by atoms with Gasteiger partial charge in [-0.15, -0.1) is 0 Å². The van der Waals surface area contributed by atoms with E-state index < -0.39 is 0 Å². The zero-order chi connectivity index (χ0) is 12.7. The average Bonchev–Trinajstić information content (AvgIpc) is 2.54. The van der Waals surface area contributed by atoms with Crippen molar-refractivity contribution in [1.82, 2.24) is 0 Å². The van der Waals surface area contributed by atoms with E-state index in [0.29, 0.717) is 0 Å². The lowest BCUT2D eigenvalue weighted by molar-refractivity contribution is 0.0967. The molecule has 2 saturated heterocycles. The average molecular weight is 256 g/mol. The summed E-state index contributed by atoms with van der Waals surface area (Å²) in [6.45, 7) is 4.00. The van der Waals surface area contributed by atoms with Gasteiger partial charge in [0.1, 0.15) is 0 Å². The molecule has 1 aliphatic carbocycles. The van der Waals surface area contributed by atoms with Crippen LogP contribution in [-0.4, -0.2) is 26.4 Å². The van der Waals surface area contributed by atoms with E-state index in [0.717, 1.165) is 26.4 Å². The van der Waals surface area contributed by atoms with E-state index in [-0.39, 0.29) is 0 Å². The van der Waals surface area contributed by atoms with Crippen LogP contribution in [0, 0.1) is 0 Å². The highest BCUT2D eigenvalue weighted by Gasteiger charge is 1.96. The lowest BCUT2D eigenvalue weighted by Crippen LogP contribution is -2.03. The summed E-state index contributed by atoms with van der Waals surface area (Å²) in [5.74, 6) is 0. The number of rotatable bonds is 0. The maximum atomic E-state index is 5.07. The van der Waals surface area contributed by atoms with Gasteiger partial charge in [0.2, 0.25) is 0 Å². The SMILES string of the molecule is C1CCCCC1.C1CCOCC1.C1CCOCC1. The summed E-state index contributed by atoms with van der Waals surface area (Å²) >= 11 is 0. The fourth-order valence-electron chi connectivity index (χ4n) is 2.43. The van der Waals surface area contributed by atoms with Crippen molar-refractivity contribution in [3.8, 4) is 0 Å². The van der Waals surface area contributed by atoms with Gasteiger partial charge in [0.15, 0.2) is 0 Å². The minimum absolute atomic E-state index is 1.00. The first-order valence-corrected chi connectivity index (χ1v) is 8.15. The summed E-state index contributed by atoms with van der Waals surface area (Å²) in [6.07, 6.45) is 16.9. The summed E-state index contributed by atoms with van der Waals surface area (Å²) in [7, 11) is 0. The van der Waals surface area contributed by atoms with Crippen molar-refractivity contribution < 1.29 is 9.47 Å². The van der Waals surface area contributed by atoms with Crippen LogP contribution in [0.15, 0.2) is 0 Å². The van der Waals surface area contributed by atoms with Crippen molar-refractivity contribution in [3.63, 3.8) is 0 Å². The van der Waals surface area contributed by atoms with E-state index >= 15 is 0 Å². The molecule has 0 unspecified atom stereocenters. The third-order valence-electron chi connectivity index (χ3n) is 3.65. The summed E-state index contributed by atoms with van der Waals surface area (Å²) in [5, 5.41) is 0. The predicted octanol–water partition coefficient (Wildman–Crippen LogP) is 4.71. The summed E-state index contributed by atoms with van der Waals surface area (Å²) < 4.78 is 10.1. The second kappa shape index (κ2) is 13.4. The number of hydrogen-bond donors (Lipinski definition) is 0. The Balaban J connectivity index is 0.000000135. The molecule has 108 valence electrons. The van der Waals surface area contributed by atoms with E-state index in [1.807, 2.05) is 0 Å². The summed E-state index contributed by atoms with van der Waals surface area (Å²) in [5.41, 5.74) is 0. The van der Waals surface area contributed by atoms with E-state index in [1.165, 1.54) is 77.0 Å². The molecule has 0 aromatic rings. The topological polar surface area (TPSA) is 18.5 Å². The van der Waals surface area contributed by atoms with Crippen LogP contribution in [0.1, 0.15) is 77.0 Å². The van der Waals surface area contributed by atoms with Gasteiger partial charge < -0.3 is 9.47 Å². The maximum absolute atomic E-state index is 5.07. The van der Waals surface area contributed by atoms with Gasteiger partial charge in [-0.25, -0.2) is 0 Å². The molecule has 0 radical (unpaired) electrons. The fourth-order valence-corrected chi connectivity index (χ4v) is 2.43. The standard InChI is InChI=1S/C6H12.2C5H10O/c3*1-2-4-6-5-3-1/h1-6H2;2*1-5H2. The fraction of sp³-hybridized carbons (Fsp3) is 1.00. The first-order chi connectivity index (χ1) is 9.00. The predicted molar refractivity (Wildman–Crippen MR) is 77.0 cm³/mol. The Kier molecular flexibility index (Phi) is 11.9. The van der Waals surface area contributed by atoms with Gasteiger partial charge >= 0.3 is 0 Å². The van der Waals surface area contributed by atoms with Crippen LogP contribution in [0.5, 0.6) is 0 Å². The van der Waals surface area contributed by atoms with Gasteiger partial charge in [0.25, 0.3) is 0 Å². The van der Waals surface area contributed by atoms with Gasteiger partial charge in [0.05, 0.1) is 0 Å². The Bertz CT molecular complexity index is 84.1. The Morgan fingerprint density at radius 3 is 0.611 bits per heavy atom. The second-order valence-corrected chi connectivity index (χ2v) is 5.47. The van der Waals surface area contributed by atoms with Crippen molar-refractivity contribution in [3.05, 3.63) is 0 Å². The Hall–Kier alpha value is -0.0800. The number of hydrogen-bond acceptors (Lipinski definition) is 2. The molecule has 1 saturated carbocycles. The highest BCUT2D eigenvalue weighted by Crippen LogP contribution is 2.15. The first-order valence-electron chi connectivity index (χ1n) is 8.15. The van der Waals surface area contributed by atoms with Crippen LogP contribution in [-0.2, 0) is 9.47 Å². The van der Waals surface area contributed by atoms with E-state index in [1.54, 1.807) is 0 Å². The molecule has 3 aliphatic rings. The Labute approximate surface area is 113 Å². The quantitative estimate of drug-likeness (QED) is 0.624. The zero-order valence-electron chi connectivity index (χ0n) is 12.1. The van der Waals surface area contributed by atoms with E-state index in [9.17, 15) is 0 Å². The Morgan fingerprint density at radius 1 is 0.278 bits per heavy atom. The van der Waals surface area contributed by atoms with Crippen molar-refractivity contribution in [1.29, 1.82) is 0 Å². The van der Waals surface area contributed by atoms with Crippen molar-refractivity contribution in [2.45, 2.75) is 77.0 Å². The molecule has 0 aromatic heterocycles. The van der Waals surface area contributed by atoms with Crippen molar-refractivity contribution in [2.24, 2.45) is 0 Å². The molecule has 0 bridgehead atoms. The molecule has 3 rings (SSSR count). The van der Waals surface area contributed by atoms with Crippen LogP contribution in [0.3, 0.4) is 0 Å². The van der Waals surface area contributed by atoms with E-state index in [4.69, 9.17) is 9.47 Å². The van der Waals surface area contributed by atoms with Gasteiger partial charge in [-0.3, -0.25) is 0 Å². The molecule has 2 heteroatoms. The molecule has 0 amide bonds. The van der Waals surface area contributed by atoms with Gasteiger partial charge in [-0.1, -0.05) is 38.5 Å². The lowest BCUT2D eigenvalue weighted by Gasteiger charge is -2.08. The van der Waals surface area contributed by atoms with Crippen LogP contribution in [0.4, 0.5) is 0 Å². The highest BCUT2D eigenvalue weighted by atomic mass is 16.5. The van der Waals surface area contributed by atoms with Crippen molar-refractivity contribution >= 4 is 0 Å². The minimum Gasteiger partial charge on any atom is -0.381 e. The molecule has 2 heterocycles. The van der Waals surface area contributed by atoms with Crippen LogP contribution in [0.25, 0.3) is 0 Å². The highest BCUT2D eigenvalue weighted by molar-refractivity contribution is 4.51. The molecule has 0 aromatic carbocycles. The maximum Gasteiger partial charge on any atom is 0.0466 e. The van der Waals surface area contributed by atoms with Crippen LogP contribution < -0.4 is 0 Å². The molecule has 0 atom stereocenters. The van der Waals surface area contributed by atoms with Gasteiger partial charge in [-0.05, 0) is 38.5 Å². The molecule has 18 heavy (non-hydrogen) atoms. The van der Waals surface area contributed by atoms with Crippen molar-refractivity contribution in [2.75, 3.05) is 26.4 Å². The zero-order valence-corrected chi connectivity index (χ0v) is 12.1. The third-order valence-corrected chi connectivity index (χ3v) is 3.65.